The van der Waals surface area contributed by atoms with Crippen LogP contribution in [0.2, 0.25) is 5.02 Å². The van der Waals surface area contributed by atoms with E-state index in [-0.39, 0.29) is 5.02 Å². The molecule has 1 aliphatic carbocycles. The number of nitrogens with zero attached hydrogens (tertiary/aromatic N) is 1. The Morgan fingerprint density at radius 3 is 3.15 bits per heavy atom. The van der Waals surface area contributed by atoms with Crippen LogP contribution in [0, 0.1) is 5.92 Å². The molecule has 70 valence electrons. The first-order chi connectivity index (χ1) is 6.27. The second-order valence-electron chi connectivity index (χ2n) is 3.13. The van der Waals surface area contributed by atoms with Gasteiger partial charge in [-0.25, -0.2) is 5.10 Å². The van der Waals surface area contributed by atoms with Crippen molar-refractivity contribution in [3.8, 4) is 5.75 Å². The van der Waals surface area contributed by atoms with E-state index >= 15 is 0 Å². The summed E-state index contributed by atoms with van der Waals surface area (Å²) in [4.78, 5) is 11.0. The lowest BCUT2D eigenvalue weighted by molar-refractivity contribution is 0.298. The summed E-state index contributed by atoms with van der Waals surface area (Å²) in [5, 5.41) is 5.90. The first-order valence-electron chi connectivity index (χ1n) is 4.13. The summed E-state index contributed by atoms with van der Waals surface area (Å²) in [5.74, 6) is 1.01. The number of ether oxygens (including phenoxy) is 1. The van der Waals surface area contributed by atoms with E-state index in [0.29, 0.717) is 18.3 Å². The van der Waals surface area contributed by atoms with Crippen molar-refractivity contribution in [3.05, 3.63) is 21.6 Å². The fraction of sp³-hybridized carbons (Fsp3) is 0.500. The van der Waals surface area contributed by atoms with Crippen molar-refractivity contribution in [2.75, 3.05) is 6.61 Å². The zero-order chi connectivity index (χ0) is 9.26. The Kier molecular flexibility index (Phi) is 2.22. The molecule has 0 bridgehead atoms. The molecular formula is C8H9ClN2O2. The molecule has 1 heterocycles. The molecule has 0 aromatic carbocycles. The third-order valence-electron chi connectivity index (χ3n) is 1.94. The van der Waals surface area contributed by atoms with Gasteiger partial charge in [-0.15, -0.1) is 0 Å². The minimum atomic E-state index is -0.407. The number of hydrogen-bond acceptors (Lipinski definition) is 3. The van der Waals surface area contributed by atoms with Gasteiger partial charge < -0.3 is 4.74 Å². The van der Waals surface area contributed by atoms with Crippen LogP contribution in [0.4, 0.5) is 0 Å². The van der Waals surface area contributed by atoms with Crippen molar-refractivity contribution >= 4 is 11.6 Å². The molecule has 13 heavy (non-hydrogen) atoms. The van der Waals surface area contributed by atoms with Crippen LogP contribution >= 0.6 is 11.6 Å². The second-order valence-corrected chi connectivity index (χ2v) is 3.51. The van der Waals surface area contributed by atoms with E-state index in [0.717, 1.165) is 0 Å². The van der Waals surface area contributed by atoms with Gasteiger partial charge in [-0.3, -0.25) is 4.79 Å². The quantitative estimate of drug-likeness (QED) is 0.798. The Bertz CT molecular complexity index is 359. The number of aromatic nitrogens is 2. The number of nitrogens with one attached hydrogen (secondary N) is 1. The zero-order valence-corrected chi connectivity index (χ0v) is 7.67. The lowest BCUT2D eigenvalue weighted by Gasteiger charge is -2.04. The summed E-state index contributed by atoms with van der Waals surface area (Å²) in [6.07, 6.45) is 3.83. The van der Waals surface area contributed by atoms with Crippen molar-refractivity contribution in [1.82, 2.24) is 10.2 Å². The Hall–Kier alpha value is -1.03. The average Bonchev–Trinajstić information content (AvgIpc) is 2.91. The van der Waals surface area contributed by atoms with Crippen molar-refractivity contribution in [2.45, 2.75) is 12.8 Å². The first-order valence-corrected chi connectivity index (χ1v) is 4.51. The van der Waals surface area contributed by atoms with Gasteiger partial charge in [0.15, 0.2) is 10.8 Å². The van der Waals surface area contributed by atoms with Gasteiger partial charge in [0, 0.05) is 0 Å². The standard InChI is InChI=1S/C8H9ClN2O2/c9-7-6(3-10-11-8(7)12)13-4-5-1-2-5/h3,5H,1-2,4H2,(H,11,12). The van der Waals surface area contributed by atoms with Crippen LogP contribution in [0.1, 0.15) is 12.8 Å². The van der Waals surface area contributed by atoms with Gasteiger partial charge in [0.1, 0.15) is 0 Å². The lowest BCUT2D eigenvalue weighted by Crippen LogP contribution is -2.11. The predicted octanol–water partition coefficient (Wildman–Crippen LogP) is 1.21. The molecule has 0 aliphatic heterocycles. The summed E-state index contributed by atoms with van der Waals surface area (Å²) in [6.45, 7) is 0.630. The normalized spacial score (nSPS) is 15.8. The van der Waals surface area contributed by atoms with Crippen LogP contribution in [0.25, 0.3) is 0 Å². The van der Waals surface area contributed by atoms with E-state index in [1.807, 2.05) is 0 Å². The van der Waals surface area contributed by atoms with Crippen LogP contribution < -0.4 is 10.3 Å². The fourth-order valence-electron chi connectivity index (χ4n) is 0.960. The molecule has 5 heteroatoms. The van der Waals surface area contributed by atoms with E-state index in [1.165, 1.54) is 19.0 Å². The monoisotopic (exact) mass is 200 g/mol. The van der Waals surface area contributed by atoms with E-state index in [1.54, 1.807) is 0 Å². The van der Waals surface area contributed by atoms with Crippen LogP contribution in [-0.2, 0) is 0 Å². The highest BCUT2D eigenvalue weighted by Gasteiger charge is 2.22. The summed E-state index contributed by atoms with van der Waals surface area (Å²) < 4.78 is 5.33. The average molecular weight is 201 g/mol. The van der Waals surface area contributed by atoms with Crippen LogP contribution in [0.3, 0.4) is 0 Å². The fourth-order valence-corrected chi connectivity index (χ4v) is 1.11. The molecule has 0 unspecified atom stereocenters. The van der Waals surface area contributed by atoms with Gasteiger partial charge in [-0.05, 0) is 18.8 Å². The molecule has 1 aliphatic rings. The van der Waals surface area contributed by atoms with E-state index in [9.17, 15) is 4.79 Å². The van der Waals surface area contributed by atoms with Gasteiger partial charge in [-0.2, -0.15) is 5.10 Å². The molecule has 1 saturated carbocycles. The molecule has 2 rings (SSSR count). The number of H-pyrrole nitrogens is 1. The molecule has 0 amide bonds. The lowest BCUT2D eigenvalue weighted by atomic mass is 10.4. The molecule has 0 radical (unpaired) electrons. The maximum Gasteiger partial charge on any atom is 0.286 e. The molecule has 1 N–H and O–H groups in total. The number of halogens is 1. The van der Waals surface area contributed by atoms with Crippen molar-refractivity contribution in [2.24, 2.45) is 5.92 Å². The minimum absolute atomic E-state index is 0.0793. The summed E-state index contributed by atoms with van der Waals surface area (Å²) in [5.41, 5.74) is -0.407. The second kappa shape index (κ2) is 3.38. The minimum Gasteiger partial charge on any atom is -0.490 e. The number of rotatable bonds is 3. The van der Waals surface area contributed by atoms with Crippen molar-refractivity contribution < 1.29 is 4.74 Å². The Morgan fingerprint density at radius 2 is 2.46 bits per heavy atom. The van der Waals surface area contributed by atoms with Gasteiger partial charge in [-0.1, -0.05) is 11.6 Å². The van der Waals surface area contributed by atoms with E-state index in [4.69, 9.17) is 16.3 Å². The summed E-state index contributed by atoms with van der Waals surface area (Å²) in [7, 11) is 0. The van der Waals surface area contributed by atoms with Gasteiger partial charge in [0.05, 0.1) is 12.8 Å². The summed E-state index contributed by atoms with van der Waals surface area (Å²) >= 11 is 5.69. The van der Waals surface area contributed by atoms with Crippen molar-refractivity contribution in [1.29, 1.82) is 0 Å². The third kappa shape index (κ3) is 2.01. The molecule has 1 aromatic heterocycles. The van der Waals surface area contributed by atoms with Crippen LogP contribution in [-0.4, -0.2) is 16.8 Å². The maximum atomic E-state index is 11.0. The largest absolute Gasteiger partial charge is 0.490 e. The van der Waals surface area contributed by atoms with Gasteiger partial charge >= 0.3 is 0 Å². The SMILES string of the molecule is O=c1[nH]ncc(OCC2CC2)c1Cl. The highest BCUT2D eigenvalue weighted by molar-refractivity contribution is 6.31. The Balaban J connectivity index is 2.09. The molecular weight excluding hydrogens is 192 g/mol. The Labute approximate surface area is 79.9 Å². The van der Waals surface area contributed by atoms with E-state index in [2.05, 4.69) is 10.2 Å². The van der Waals surface area contributed by atoms with Gasteiger partial charge in [0.2, 0.25) is 0 Å². The first kappa shape index (κ1) is 8.56. The molecule has 0 atom stereocenters. The molecule has 0 spiro atoms. The highest BCUT2D eigenvalue weighted by atomic mass is 35.5. The maximum absolute atomic E-state index is 11.0. The van der Waals surface area contributed by atoms with Gasteiger partial charge in [0.25, 0.3) is 5.56 Å². The van der Waals surface area contributed by atoms with Crippen LogP contribution in [0.5, 0.6) is 5.75 Å². The molecule has 0 saturated heterocycles. The van der Waals surface area contributed by atoms with Crippen molar-refractivity contribution in [3.63, 3.8) is 0 Å². The molecule has 1 fully saturated rings. The summed E-state index contributed by atoms with van der Waals surface area (Å²) in [6, 6.07) is 0. The Morgan fingerprint density at radius 1 is 1.69 bits per heavy atom. The topological polar surface area (TPSA) is 55.0 Å². The predicted molar refractivity (Wildman–Crippen MR) is 48.1 cm³/mol. The number of aromatic amines is 1. The smallest absolute Gasteiger partial charge is 0.286 e. The third-order valence-corrected chi connectivity index (χ3v) is 2.29. The number of hydrogen-bond donors (Lipinski definition) is 1. The van der Waals surface area contributed by atoms with Crippen LogP contribution in [0.15, 0.2) is 11.0 Å². The zero-order valence-electron chi connectivity index (χ0n) is 6.92. The highest BCUT2D eigenvalue weighted by Crippen LogP contribution is 2.30. The molecule has 4 nitrogen and oxygen atoms in total. The van der Waals surface area contributed by atoms with E-state index < -0.39 is 5.56 Å². The molecule has 1 aromatic rings.